The Labute approximate surface area is 169 Å². The van der Waals surface area contributed by atoms with Gasteiger partial charge in [-0.15, -0.1) is 11.3 Å². The molecule has 0 saturated heterocycles. The maximum atomic E-state index is 13.3. The predicted molar refractivity (Wildman–Crippen MR) is 115 cm³/mol. The molecular formula is C22H10O7S. The molecule has 0 aliphatic heterocycles. The van der Waals surface area contributed by atoms with Crippen LogP contribution in [0, 0.1) is 0 Å². The van der Waals surface area contributed by atoms with Crippen LogP contribution in [0.5, 0.6) is 11.5 Å². The molecule has 0 saturated carbocycles. The monoisotopic (exact) mass is 418 g/mol. The van der Waals surface area contributed by atoms with Crippen molar-refractivity contribution >= 4 is 59.0 Å². The van der Waals surface area contributed by atoms with Crippen LogP contribution in [0.1, 0.15) is 6.92 Å². The number of esters is 1. The van der Waals surface area contributed by atoms with Crippen LogP contribution in [0.15, 0.2) is 55.6 Å². The van der Waals surface area contributed by atoms with Gasteiger partial charge < -0.3 is 9.84 Å². The molecule has 0 bridgehead atoms. The summed E-state index contributed by atoms with van der Waals surface area (Å²) in [5, 5.41) is 9.67. The minimum absolute atomic E-state index is 0.00574. The van der Waals surface area contributed by atoms with E-state index in [9.17, 15) is 29.1 Å². The molecule has 0 fully saturated rings. The second-order valence-corrected chi connectivity index (χ2v) is 7.88. The maximum Gasteiger partial charge on any atom is 0.308 e. The normalized spacial score (nSPS) is 11.6. The summed E-state index contributed by atoms with van der Waals surface area (Å²) in [6.07, 6.45) is 0. The number of aromatic hydroxyl groups is 1. The zero-order valence-corrected chi connectivity index (χ0v) is 16.1. The molecule has 5 rings (SSSR count). The molecular weight excluding hydrogens is 408 g/mol. The van der Waals surface area contributed by atoms with Gasteiger partial charge in [0.05, 0.1) is 20.2 Å². The Morgan fingerprint density at radius 3 is 1.87 bits per heavy atom. The number of benzene rings is 4. The molecule has 0 unspecified atom stereocenters. The van der Waals surface area contributed by atoms with Gasteiger partial charge in [0.25, 0.3) is 0 Å². The quantitative estimate of drug-likeness (QED) is 0.328. The van der Waals surface area contributed by atoms with Crippen molar-refractivity contribution in [3.63, 3.8) is 0 Å². The van der Waals surface area contributed by atoms with Crippen LogP contribution in [0.4, 0.5) is 0 Å². The summed E-state index contributed by atoms with van der Waals surface area (Å²) in [6.45, 7) is 1.21. The highest BCUT2D eigenvalue weighted by Crippen LogP contribution is 2.30. The number of hydrogen-bond donors (Lipinski definition) is 1. The van der Waals surface area contributed by atoms with Crippen molar-refractivity contribution in [1.82, 2.24) is 0 Å². The molecule has 5 aromatic rings. The van der Waals surface area contributed by atoms with Crippen molar-refractivity contribution in [2.24, 2.45) is 0 Å². The van der Waals surface area contributed by atoms with Gasteiger partial charge in [-0.3, -0.25) is 24.0 Å². The molecule has 0 radical (unpaired) electrons. The fourth-order valence-electron chi connectivity index (χ4n) is 3.75. The Kier molecular flexibility index (Phi) is 3.65. The molecule has 0 amide bonds. The Morgan fingerprint density at radius 1 is 0.767 bits per heavy atom. The van der Waals surface area contributed by atoms with Crippen LogP contribution in [0.2, 0.25) is 0 Å². The molecule has 1 aromatic heterocycles. The first kappa shape index (κ1) is 18.1. The molecule has 1 N–H and O–H groups in total. The highest BCUT2D eigenvalue weighted by atomic mass is 32.1. The number of phenols is 1. The van der Waals surface area contributed by atoms with Crippen molar-refractivity contribution in [3.8, 4) is 11.5 Å². The minimum Gasteiger partial charge on any atom is -0.508 e. The van der Waals surface area contributed by atoms with E-state index in [1.165, 1.54) is 43.3 Å². The first-order chi connectivity index (χ1) is 14.3. The molecule has 8 heteroatoms. The van der Waals surface area contributed by atoms with E-state index in [1.807, 2.05) is 0 Å². The average Bonchev–Trinajstić information content (AvgIpc) is 3.11. The van der Waals surface area contributed by atoms with Gasteiger partial charge in [0.15, 0.2) is 10.9 Å². The van der Waals surface area contributed by atoms with E-state index in [0.29, 0.717) is 0 Å². The van der Waals surface area contributed by atoms with Crippen molar-refractivity contribution in [3.05, 3.63) is 77.3 Å². The molecule has 30 heavy (non-hydrogen) atoms. The number of thiophene rings is 1. The summed E-state index contributed by atoms with van der Waals surface area (Å²) in [6, 6.07) is 7.87. The summed E-state index contributed by atoms with van der Waals surface area (Å²) in [5.74, 6) is -0.691. The van der Waals surface area contributed by atoms with E-state index in [4.69, 9.17) is 4.74 Å². The van der Waals surface area contributed by atoms with Crippen LogP contribution in [0.3, 0.4) is 0 Å². The van der Waals surface area contributed by atoms with Crippen LogP contribution >= 0.6 is 11.3 Å². The van der Waals surface area contributed by atoms with E-state index in [-0.39, 0.29) is 53.2 Å². The Morgan fingerprint density at radius 2 is 1.30 bits per heavy atom. The van der Waals surface area contributed by atoms with Gasteiger partial charge in [0, 0.05) is 28.5 Å². The topological polar surface area (TPSA) is 115 Å². The highest BCUT2D eigenvalue weighted by Gasteiger charge is 2.22. The van der Waals surface area contributed by atoms with E-state index in [1.54, 1.807) is 0 Å². The Hall–Kier alpha value is -3.91. The van der Waals surface area contributed by atoms with Crippen molar-refractivity contribution in [2.75, 3.05) is 0 Å². The lowest BCUT2D eigenvalue weighted by Crippen LogP contribution is -2.15. The van der Waals surface area contributed by atoms with Crippen molar-refractivity contribution in [1.29, 1.82) is 0 Å². The van der Waals surface area contributed by atoms with Gasteiger partial charge >= 0.3 is 5.97 Å². The summed E-state index contributed by atoms with van der Waals surface area (Å²) >= 11 is 0.819. The number of fused-ring (bicyclic) bond motifs is 5. The third-order valence-corrected chi connectivity index (χ3v) is 6.20. The molecule has 7 nitrogen and oxygen atoms in total. The van der Waals surface area contributed by atoms with E-state index in [0.717, 1.165) is 11.3 Å². The number of ether oxygens (including phenoxy) is 1. The summed E-state index contributed by atoms with van der Waals surface area (Å²) < 4.78 is 5.05. The summed E-state index contributed by atoms with van der Waals surface area (Å²) in [7, 11) is 0. The summed E-state index contributed by atoms with van der Waals surface area (Å²) in [5.41, 5.74) is -2.17. The average molecular weight is 418 g/mol. The number of rotatable bonds is 1. The smallest absolute Gasteiger partial charge is 0.308 e. The third-order valence-electron chi connectivity index (χ3n) is 5.01. The Bertz CT molecular complexity index is 1790. The highest BCUT2D eigenvalue weighted by molar-refractivity contribution is 7.25. The molecule has 0 spiro atoms. The first-order valence-electron chi connectivity index (χ1n) is 8.79. The number of carbonyl (C=O) groups is 1. The van der Waals surface area contributed by atoms with Gasteiger partial charge in [-0.25, -0.2) is 0 Å². The first-order valence-corrected chi connectivity index (χ1v) is 9.60. The van der Waals surface area contributed by atoms with Crippen molar-refractivity contribution < 1.29 is 14.6 Å². The number of phenolic OH excluding ortho intramolecular Hbond substituents is 1. The molecule has 1 heterocycles. The van der Waals surface area contributed by atoms with Crippen LogP contribution in [-0.4, -0.2) is 11.1 Å². The number of hydrogen-bond acceptors (Lipinski definition) is 8. The maximum absolute atomic E-state index is 13.3. The van der Waals surface area contributed by atoms with E-state index in [2.05, 4.69) is 0 Å². The molecule has 0 aliphatic rings. The fraction of sp³-hybridized carbons (Fsp3) is 0.0455. The van der Waals surface area contributed by atoms with Gasteiger partial charge in [-0.05, 0) is 36.4 Å². The second-order valence-electron chi connectivity index (χ2n) is 6.86. The minimum atomic E-state index is -0.603. The zero-order valence-electron chi connectivity index (χ0n) is 15.3. The van der Waals surface area contributed by atoms with Gasteiger partial charge in [0.1, 0.15) is 11.5 Å². The van der Waals surface area contributed by atoms with Crippen LogP contribution in [-0.2, 0) is 4.79 Å². The SMILES string of the molecule is CC(=O)Oc1ccc2c(=O)c3sc4c(=O)c5ccc(O)cc5c(=O)c4c3c(=O)c2c1. The molecule has 0 atom stereocenters. The fourth-order valence-corrected chi connectivity index (χ4v) is 4.96. The van der Waals surface area contributed by atoms with Crippen LogP contribution < -0.4 is 26.5 Å². The van der Waals surface area contributed by atoms with Gasteiger partial charge in [0.2, 0.25) is 10.9 Å². The largest absolute Gasteiger partial charge is 0.508 e. The predicted octanol–water partition coefficient (Wildman–Crippen LogP) is 2.31. The van der Waals surface area contributed by atoms with E-state index >= 15 is 0 Å². The lowest BCUT2D eigenvalue weighted by Gasteiger charge is -2.03. The third kappa shape index (κ3) is 2.34. The lowest BCUT2D eigenvalue weighted by molar-refractivity contribution is -0.131. The zero-order chi connectivity index (χ0) is 21.3. The number of carbonyl (C=O) groups excluding carboxylic acids is 1. The molecule has 4 aromatic carbocycles. The molecule has 146 valence electrons. The van der Waals surface area contributed by atoms with Gasteiger partial charge in [-0.1, -0.05) is 0 Å². The van der Waals surface area contributed by atoms with Gasteiger partial charge in [-0.2, -0.15) is 0 Å². The van der Waals surface area contributed by atoms with E-state index < -0.39 is 27.7 Å². The lowest BCUT2D eigenvalue weighted by atomic mass is 10.0. The van der Waals surface area contributed by atoms with Crippen LogP contribution in [0.25, 0.3) is 41.7 Å². The molecule has 0 aliphatic carbocycles. The van der Waals surface area contributed by atoms with Crippen molar-refractivity contribution in [2.45, 2.75) is 6.92 Å². The summed E-state index contributed by atoms with van der Waals surface area (Å²) in [4.78, 5) is 63.6. The standard InChI is InChI=1S/C22H10O7S/c1-8(23)29-10-3-5-12-14(7-10)18(26)16-15-17(25)13-6-9(24)2-4-11(13)19(27)21(15)30-22(16)20(12)28/h2-7,24H,1H3. The Balaban J connectivity index is 2.06. The second kappa shape index (κ2) is 6.04.